The van der Waals surface area contributed by atoms with Crippen LogP contribution in [0.5, 0.6) is 0 Å². The highest BCUT2D eigenvalue weighted by Crippen LogP contribution is 2.15. The second-order valence-electron chi connectivity index (χ2n) is 7.19. The SMILES string of the molecule is CC(C)C[C@H](NC(=O)c1cccc(N(C)C)c1)C(=O)OCc1ccccc1. The number of ether oxygens (including phenoxy) is 1. The van der Waals surface area contributed by atoms with Crippen molar-refractivity contribution < 1.29 is 14.3 Å². The minimum atomic E-state index is -0.677. The Morgan fingerprint density at radius 1 is 1.04 bits per heavy atom. The van der Waals surface area contributed by atoms with Crippen LogP contribution in [-0.4, -0.2) is 32.0 Å². The summed E-state index contributed by atoms with van der Waals surface area (Å²) < 4.78 is 5.43. The van der Waals surface area contributed by atoms with Crippen molar-refractivity contribution >= 4 is 17.6 Å². The molecule has 0 aliphatic heterocycles. The molecule has 0 aliphatic rings. The largest absolute Gasteiger partial charge is 0.459 e. The maximum Gasteiger partial charge on any atom is 0.328 e. The third-order valence-corrected chi connectivity index (χ3v) is 4.15. The van der Waals surface area contributed by atoms with Crippen molar-refractivity contribution in [2.75, 3.05) is 19.0 Å². The molecule has 1 N–H and O–H groups in total. The summed E-state index contributed by atoms with van der Waals surface area (Å²) in [6, 6.07) is 16.1. The molecule has 0 aromatic heterocycles. The molecular formula is C22H28N2O3. The van der Waals surface area contributed by atoms with Gasteiger partial charge in [0.25, 0.3) is 5.91 Å². The summed E-state index contributed by atoms with van der Waals surface area (Å²) in [4.78, 5) is 27.1. The second-order valence-corrected chi connectivity index (χ2v) is 7.19. The van der Waals surface area contributed by atoms with Gasteiger partial charge < -0.3 is 15.0 Å². The Hall–Kier alpha value is -2.82. The minimum Gasteiger partial charge on any atom is -0.459 e. The van der Waals surface area contributed by atoms with E-state index in [9.17, 15) is 9.59 Å². The van der Waals surface area contributed by atoms with Crippen molar-refractivity contribution in [2.24, 2.45) is 5.92 Å². The summed E-state index contributed by atoms with van der Waals surface area (Å²) >= 11 is 0. The Balaban J connectivity index is 2.05. The molecule has 144 valence electrons. The van der Waals surface area contributed by atoms with Crippen molar-refractivity contribution in [2.45, 2.75) is 32.9 Å². The van der Waals surface area contributed by atoms with Gasteiger partial charge in [-0.25, -0.2) is 4.79 Å². The van der Waals surface area contributed by atoms with Crippen LogP contribution in [0.25, 0.3) is 0 Å². The second kappa shape index (κ2) is 9.76. The minimum absolute atomic E-state index is 0.195. The fraction of sp³-hybridized carbons (Fsp3) is 0.364. The number of amides is 1. The molecule has 5 heteroatoms. The molecule has 0 saturated heterocycles. The van der Waals surface area contributed by atoms with E-state index in [0.29, 0.717) is 12.0 Å². The van der Waals surface area contributed by atoms with E-state index in [1.54, 1.807) is 12.1 Å². The van der Waals surface area contributed by atoms with Gasteiger partial charge in [0, 0.05) is 25.3 Å². The van der Waals surface area contributed by atoms with Crippen LogP contribution in [0.2, 0.25) is 0 Å². The molecule has 0 fully saturated rings. The summed E-state index contributed by atoms with van der Waals surface area (Å²) in [5, 5.41) is 2.83. The van der Waals surface area contributed by atoms with Gasteiger partial charge in [0.2, 0.25) is 0 Å². The molecule has 5 nitrogen and oxygen atoms in total. The van der Waals surface area contributed by atoms with Crippen LogP contribution in [0.1, 0.15) is 36.2 Å². The van der Waals surface area contributed by atoms with Crippen LogP contribution in [0.4, 0.5) is 5.69 Å². The Morgan fingerprint density at radius 2 is 1.74 bits per heavy atom. The van der Waals surface area contributed by atoms with Gasteiger partial charge in [-0.05, 0) is 36.1 Å². The molecule has 0 saturated carbocycles. The van der Waals surface area contributed by atoms with E-state index in [0.717, 1.165) is 11.3 Å². The third kappa shape index (κ3) is 6.44. The van der Waals surface area contributed by atoms with Gasteiger partial charge in [-0.15, -0.1) is 0 Å². The van der Waals surface area contributed by atoms with E-state index in [4.69, 9.17) is 4.74 Å². The van der Waals surface area contributed by atoms with Gasteiger partial charge in [0.15, 0.2) is 0 Å². The lowest BCUT2D eigenvalue weighted by molar-refractivity contribution is -0.147. The van der Waals surface area contributed by atoms with Crippen molar-refractivity contribution in [1.82, 2.24) is 5.32 Å². The fourth-order valence-corrected chi connectivity index (χ4v) is 2.68. The number of rotatable bonds is 8. The first-order valence-corrected chi connectivity index (χ1v) is 9.15. The number of anilines is 1. The summed E-state index contributed by atoms with van der Waals surface area (Å²) in [6.45, 7) is 4.22. The molecule has 2 rings (SSSR count). The average Bonchev–Trinajstić information content (AvgIpc) is 2.66. The Morgan fingerprint density at radius 3 is 2.37 bits per heavy atom. The molecule has 1 amide bonds. The lowest BCUT2D eigenvalue weighted by atomic mass is 10.0. The highest BCUT2D eigenvalue weighted by Gasteiger charge is 2.24. The van der Waals surface area contributed by atoms with Crippen LogP contribution in [0, 0.1) is 5.92 Å². The van der Waals surface area contributed by atoms with Crippen molar-refractivity contribution in [3.63, 3.8) is 0 Å². The molecule has 27 heavy (non-hydrogen) atoms. The average molecular weight is 368 g/mol. The topological polar surface area (TPSA) is 58.6 Å². The summed E-state index contributed by atoms with van der Waals surface area (Å²) in [7, 11) is 3.83. The first kappa shape index (κ1) is 20.5. The van der Waals surface area contributed by atoms with E-state index in [2.05, 4.69) is 5.32 Å². The summed E-state index contributed by atoms with van der Waals surface area (Å²) in [5.74, 6) is -0.446. The van der Waals surface area contributed by atoms with Gasteiger partial charge in [-0.1, -0.05) is 50.2 Å². The number of carbonyl (C=O) groups is 2. The first-order chi connectivity index (χ1) is 12.9. The maximum absolute atomic E-state index is 12.7. The van der Waals surface area contributed by atoms with E-state index < -0.39 is 12.0 Å². The number of nitrogens with one attached hydrogen (secondary N) is 1. The van der Waals surface area contributed by atoms with Crippen molar-refractivity contribution in [3.8, 4) is 0 Å². The normalized spacial score (nSPS) is 11.7. The third-order valence-electron chi connectivity index (χ3n) is 4.15. The number of hydrogen-bond donors (Lipinski definition) is 1. The molecule has 0 unspecified atom stereocenters. The quantitative estimate of drug-likeness (QED) is 0.723. The van der Waals surface area contributed by atoms with Crippen molar-refractivity contribution in [1.29, 1.82) is 0 Å². The molecule has 0 bridgehead atoms. The summed E-state index contributed by atoms with van der Waals surface area (Å²) in [5.41, 5.74) is 2.36. The standard InChI is InChI=1S/C22H28N2O3/c1-16(2)13-20(22(26)27-15-17-9-6-5-7-10-17)23-21(25)18-11-8-12-19(14-18)24(3)4/h5-12,14,16,20H,13,15H2,1-4H3,(H,23,25)/t20-/m0/s1. The monoisotopic (exact) mass is 368 g/mol. The van der Waals surface area contributed by atoms with Crippen LogP contribution < -0.4 is 10.2 Å². The van der Waals surface area contributed by atoms with Crippen LogP contribution in [0.15, 0.2) is 54.6 Å². The highest BCUT2D eigenvalue weighted by atomic mass is 16.5. The number of esters is 1. The number of carbonyl (C=O) groups excluding carboxylic acids is 2. The van der Waals surface area contributed by atoms with E-state index in [-0.39, 0.29) is 18.4 Å². The predicted molar refractivity (Wildman–Crippen MR) is 108 cm³/mol. The Labute approximate surface area is 161 Å². The smallest absolute Gasteiger partial charge is 0.328 e. The lowest BCUT2D eigenvalue weighted by Gasteiger charge is -2.20. The molecule has 2 aromatic rings. The Bertz CT molecular complexity index is 757. The zero-order valence-corrected chi connectivity index (χ0v) is 16.4. The fourth-order valence-electron chi connectivity index (χ4n) is 2.68. The predicted octanol–water partition coefficient (Wildman–Crippen LogP) is 3.64. The van der Waals surface area contributed by atoms with E-state index >= 15 is 0 Å². The molecule has 0 spiro atoms. The Kier molecular flexibility index (Phi) is 7.41. The van der Waals surface area contributed by atoms with Crippen LogP contribution in [-0.2, 0) is 16.1 Å². The summed E-state index contributed by atoms with van der Waals surface area (Å²) in [6.07, 6.45) is 0.521. The lowest BCUT2D eigenvalue weighted by Crippen LogP contribution is -2.42. The van der Waals surface area contributed by atoms with Crippen molar-refractivity contribution in [3.05, 3.63) is 65.7 Å². The van der Waals surface area contributed by atoms with E-state index in [1.165, 1.54) is 0 Å². The molecular weight excluding hydrogens is 340 g/mol. The van der Waals surface area contributed by atoms with E-state index in [1.807, 2.05) is 75.3 Å². The molecule has 0 radical (unpaired) electrons. The zero-order valence-electron chi connectivity index (χ0n) is 16.4. The first-order valence-electron chi connectivity index (χ1n) is 9.15. The van der Waals surface area contributed by atoms with Crippen LogP contribution >= 0.6 is 0 Å². The van der Waals surface area contributed by atoms with Crippen LogP contribution in [0.3, 0.4) is 0 Å². The van der Waals surface area contributed by atoms with Gasteiger partial charge in [0.05, 0.1) is 0 Å². The molecule has 0 aliphatic carbocycles. The number of nitrogens with zero attached hydrogens (tertiary/aromatic N) is 1. The van der Waals surface area contributed by atoms with Gasteiger partial charge in [-0.3, -0.25) is 4.79 Å². The van der Waals surface area contributed by atoms with Gasteiger partial charge in [0.1, 0.15) is 12.6 Å². The van der Waals surface area contributed by atoms with Gasteiger partial charge in [-0.2, -0.15) is 0 Å². The highest BCUT2D eigenvalue weighted by molar-refractivity contribution is 5.97. The number of benzene rings is 2. The molecule has 2 aromatic carbocycles. The van der Waals surface area contributed by atoms with Gasteiger partial charge >= 0.3 is 5.97 Å². The molecule has 1 atom stereocenters. The molecule has 0 heterocycles. The zero-order chi connectivity index (χ0) is 19.8. The number of hydrogen-bond acceptors (Lipinski definition) is 4. The maximum atomic E-state index is 12.7.